The smallest absolute Gasteiger partial charge is 0.335 e. The highest BCUT2D eigenvalue weighted by molar-refractivity contribution is 5.88. The topological polar surface area (TPSA) is 66.6 Å². The lowest BCUT2D eigenvalue weighted by molar-refractivity contribution is 0.0697. The predicted octanol–water partition coefficient (Wildman–Crippen LogP) is 2.78. The van der Waals surface area contributed by atoms with E-state index in [1.165, 1.54) is 12.1 Å². The number of carboxylic acid groups (broad SMARTS) is 1. The van der Waals surface area contributed by atoms with E-state index in [1.807, 2.05) is 35.0 Å². The fourth-order valence-corrected chi connectivity index (χ4v) is 2.05. The molecule has 3 rings (SSSR count). The maximum atomic E-state index is 13.7. The summed E-state index contributed by atoms with van der Waals surface area (Å²) in [5.74, 6) is -1.59. The lowest BCUT2D eigenvalue weighted by Gasteiger charge is -2.06. The molecular weight excluding hydrogens is 273 g/mol. The van der Waals surface area contributed by atoms with Gasteiger partial charge in [-0.05, 0) is 30.3 Å². The second-order valence-electron chi connectivity index (χ2n) is 4.55. The van der Waals surface area contributed by atoms with Crippen LogP contribution in [0.4, 0.5) is 10.1 Å². The van der Waals surface area contributed by atoms with Crippen LogP contribution in [0.5, 0.6) is 0 Å². The largest absolute Gasteiger partial charge is 0.478 e. The van der Waals surface area contributed by atoms with E-state index in [0.29, 0.717) is 6.54 Å². The van der Waals surface area contributed by atoms with Crippen molar-refractivity contribution in [3.8, 4) is 0 Å². The molecule has 21 heavy (non-hydrogen) atoms. The molecule has 0 saturated heterocycles. The van der Waals surface area contributed by atoms with E-state index in [0.717, 1.165) is 17.4 Å². The summed E-state index contributed by atoms with van der Waals surface area (Å²) in [4.78, 5) is 15.3. The fourth-order valence-electron chi connectivity index (χ4n) is 2.05. The van der Waals surface area contributed by atoms with E-state index in [2.05, 4.69) is 10.3 Å². The summed E-state index contributed by atoms with van der Waals surface area (Å²) in [6, 6.07) is 9.28. The minimum Gasteiger partial charge on any atom is -0.478 e. The lowest BCUT2D eigenvalue weighted by atomic mass is 10.2. The van der Waals surface area contributed by atoms with Crippen LogP contribution in [0.15, 0.2) is 48.8 Å². The van der Waals surface area contributed by atoms with E-state index in [1.54, 1.807) is 0 Å². The number of halogens is 1. The number of pyridine rings is 1. The van der Waals surface area contributed by atoms with Gasteiger partial charge in [-0.25, -0.2) is 14.2 Å². The highest BCUT2D eigenvalue weighted by Gasteiger charge is 2.09. The Bertz CT molecular complexity index is 781. The summed E-state index contributed by atoms with van der Waals surface area (Å²) in [5.41, 5.74) is 1.72. The number of carbonyl (C=O) groups is 1. The summed E-state index contributed by atoms with van der Waals surface area (Å²) in [6.45, 7) is 0.307. The molecule has 0 unspecified atom stereocenters. The van der Waals surface area contributed by atoms with Crippen molar-refractivity contribution in [1.29, 1.82) is 0 Å². The Kier molecular flexibility index (Phi) is 3.27. The van der Waals surface area contributed by atoms with Gasteiger partial charge in [0.05, 0.1) is 23.5 Å². The van der Waals surface area contributed by atoms with Gasteiger partial charge < -0.3 is 14.8 Å². The molecular formula is C15H12FN3O2. The molecule has 0 aliphatic rings. The van der Waals surface area contributed by atoms with Crippen molar-refractivity contribution in [2.45, 2.75) is 6.54 Å². The van der Waals surface area contributed by atoms with Crippen molar-refractivity contribution >= 4 is 17.3 Å². The summed E-state index contributed by atoms with van der Waals surface area (Å²) in [5, 5.41) is 11.8. The van der Waals surface area contributed by atoms with Gasteiger partial charge in [0.1, 0.15) is 11.5 Å². The quantitative estimate of drug-likeness (QED) is 0.773. The van der Waals surface area contributed by atoms with Gasteiger partial charge in [-0.2, -0.15) is 0 Å². The van der Waals surface area contributed by atoms with Crippen LogP contribution in [-0.2, 0) is 6.54 Å². The fraction of sp³-hybridized carbons (Fsp3) is 0.0667. The zero-order chi connectivity index (χ0) is 14.8. The molecule has 5 nitrogen and oxygen atoms in total. The monoisotopic (exact) mass is 285 g/mol. The Labute approximate surface area is 119 Å². The molecule has 0 amide bonds. The van der Waals surface area contributed by atoms with E-state index < -0.39 is 11.8 Å². The molecule has 6 heteroatoms. The van der Waals surface area contributed by atoms with Crippen LogP contribution in [0.25, 0.3) is 5.65 Å². The Morgan fingerprint density at radius 2 is 2.19 bits per heavy atom. The van der Waals surface area contributed by atoms with Crippen molar-refractivity contribution in [2.75, 3.05) is 5.32 Å². The maximum absolute atomic E-state index is 13.7. The Hall–Kier alpha value is -2.89. The molecule has 0 atom stereocenters. The molecule has 2 aromatic heterocycles. The molecule has 0 aliphatic heterocycles. The number of anilines is 1. The van der Waals surface area contributed by atoms with Gasteiger partial charge in [-0.1, -0.05) is 6.07 Å². The zero-order valence-corrected chi connectivity index (χ0v) is 11.0. The van der Waals surface area contributed by atoms with E-state index in [9.17, 15) is 9.18 Å². The molecule has 0 aliphatic carbocycles. The van der Waals surface area contributed by atoms with Gasteiger partial charge in [-0.15, -0.1) is 0 Å². The molecule has 2 heterocycles. The molecule has 3 aromatic rings. The molecule has 0 fully saturated rings. The number of hydrogen-bond acceptors (Lipinski definition) is 3. The first kappa shape index (κ1) is 13.1. The van der Waals surface area contributed by atoms with Crippen molar-refractivity contribution in [3.05, 3.63) is 65.9 Å². The highest BCUT2D eigenvalue weighted by atomic mass is 19.1. The van der Waals surface area contributed by atoms with Gasteiger partial charge >= 0.3 is 5.97 Å². The number of fused-ring (bicyclic) bond motifs is 1. The number of aromatic nitrogens is 2. The Morgan fingerprint density at radius 1 is 1.33 bits per heavy atom. The molecule has 0 saturated carbocycles. The minimum atomic E-state index is -1.09. The van der Waals surface area contributed by atoms with Gasteiger partial charge in [0.25, 0.3) is 0 Å². The third-order valence-electron chi connectivity index (χ3n) is 3.09. The third-order valence-corrected chi connectivity index (χ3v) is 3.09. The average Bonchev–Trinajstić information content (AvgIpc) is 2.89. The van der Waals surface area contributed by atoms with Crippen LogP contribution in [0, 0.1) is 5.82 Å². The minimum absolute atomic E-state index is 0.0360. The molecule has 0 spiro atoms. The van der Waals surface area contributed by atoms with Crippen LogP contribution >= 0.6 is 0 Å². The van der Waals surface area contributed by atoms with Crippen molar-refractivity contribution in [1.82, 2.24) is 9.38 Å². The number of nitrogens with one attached hydrogen (secondary N) is 1. The first-order chi connectivity index (χ1) is 10.1. The van der Waals surface area contributed by atoms with Gasteiger partial charge in [0, 0.05) is 12.4 Å². The van der Waals surface area contributed by atoms with Crippen LogP contribution in [0.1, 0.15) is 16.1 Å². The summed E-state index contributed by atoms with van der Waals surface area (Å²) < 4.78 is 15.5. The highest BCUT2D eigenvalue weighted by Crippen LogP contribution is 2.17. The third kappa shape index (κ3) is 2.69. The van der Waals surface area contributed by atoms with E-state index in [-0.39, 0.29) is 11.3 Å². The first-order valence-electron chi connectivity index (χ1n) is 6.33. The number of rotatable bonds is 4. The summed E-state index contributed by atoms with van der Waals surface area (Å²) in [7, 11) is 0. The molecule has 0 radical (unpaired) electrons. The zero-order valence-electron chi connectivity index (χ0n) is 11.0. The van der Waals surface area contributed by atoms with Gasteiger partial charge in [0.2, 0.25) is 0 Å². The lowest BCUT2D eigenvalue weighted by Crippen LogP contribution is -2.04. The molecule has 106 valence electrons. The van der Waals surface area contributed by atoms with Crippen molar-refractivity contribution < 1.29 is 14.3 Å². The number of nitrogens with zero attached hydrogens (tertiary/aromatic N) is 2. The van der Waals surface area contributed by atoms with Crippen molar-refractivity contribution in [3.63, 3.8) is 0 Å². The summed E-state index contributed by atoms with van der Waals surface area (Å²) >= 11 is 0. The Balaban J connectivity index is 1.80. The van der Waals surface area contributed by atoms with E-state index in [4.69, 9.17) is 5.11 Å². The number of imidazole rings is 1. The number of carboxylic acids is 1. The second-order valence-corrected chi connectivity index (χ2v) is 4.55. The maximum Gasteiger partial charge on any atom is 0.335 e. The molecule has 2 N–H and O–H groups in total. The van der Waals surface area contributed by atoms with Crippen LogP contribution in [0.2, 0.25) is 0 Å². The van der Waals surface area contributed by atoms with Crippen LogP contribution in [-0.4, -0.2) is 20.5 Å². The van der Waals surface area contributed by atoms with Crippen LogP contribution < -0.4 is 5.32 Å². The number of aromatic carboxylic acids is 1. The Morgan fingerprint density at radius 3 is 2.95 bits per heavy atom. The number of benzene rings is 1. The standard InChI is InChI=1S/C15H12FN3O2/c16-12-5-4-10(15(20)21)7-13(12)17-8-11-9-19-6-2-1-3-14(19)18-11/h1-7,9,17H,8H2,(H,20,21). The van der Waals surface area contributed by atoms with E-state index >= 15 is 0 Å². The molecule has 1 aromatic carbocycles. The first-order valence-corrected chi connectivity index (χ1v) is 6.33. The van der Waals surface area contributed by atoms with Crippen molar-refractivity contribution in [2.24, 2.45) is 0 Å². The van der Waals surface area contributed by atoms with Crippen LogP contribution in [0.3, 0.4) is 0 Å². The second kappa shape index (κ2) is 5.24. The molecule has 0 bridgehead atoms. The van der Waals surface area contributed by atoms with Gasteiger partial charge in [0.15, 0.2) is 0 Å². The average molecular weight is 285 g/mol. The normalized spacial score (nSPS) is 10.7. The predicted molar refractivity (Wildman–Crippen MR) is 75.9 cm³/mol. The van der Waals surface area contributed by atoms with Gasteiger partial charge in [-0.3, -0.25) is 0 Å². The SMILES string of the molecule is O=C(O)c1ccc(F)c(NCc2cn3ccccc3n2)c1. The summed E-state index contributed by atoms with van der Waals surface area (Å²) in [6.07, 6.45) is 3.71. The number of hydrogen-bond donors (Lipinski definition) is 2.